The van der Waals surface area contributed by atoms with Gasteiger partial charge in [-0.15, -0.1) is 10.2 Å². The van der Waals surface area contributed by atoms with E-state index in [1.54, 1.807) is 12.3 Å². The van der Waals surface area contributed by atoms with Gasteiger partial charge in [0.25, 0.3) is 0 Å². The highest BCUT2D eigenvalue weighted by Crippen LogP contribution is 2.03. The van der Waals surface area contributed by atoms with E-state index < -0.39 is 0 Å². The Balaban J connectivity index is 1.69. The Kier molecular flexibility index (Phi) is 3.27. The van der Waals surface area contributed by atoms with Gasteiger partial charge in [0.05, 0.1) is 12.8 Å². The molecule has 0 saturated carbocycles. The van der Waals surface area contributed by atoms with Crippen LogP contribution in [-0.4, -0.2) is 26.5 Å². The number of carbonyl (C=O) groups is 1. The second-order valence-corrected chi connectivity index (χ2v) is 3.18. The van der Waals surface area contributed by atoms with E-state index in [-0.39, 0.29) is 12.5 Å². The van der Waals surface area contributed by atoms with Crippen molar-refractivity contribution in [2.75, 3.05) is 0 Å². The number of nitrogens with one attached hydrogen (secondary N) is 2. The molecule has 2 rings (SSSR count). The lowest BCUT2D eigenvalue weighted by molar-refractivity contribution is -0.121. The second kappa shape index (κ2) is 5.06. The number of hydrogen-bond acceptors (Lipinski definition) is 5. The van der Waals surface area contributed by atoms with Gasteiger partial charge in [-0.2, -0.15) is 5.21 Å². The van der Waals surface area contributed by atoms with E-state index in [0.717, 1.165) is 5.76 Å². The van der Waals surface area contributed by atoms with Crippen molar-refractivity contribution in [3.05, 3.63) is 30.0 Å². The molecule has 0 unspecified atom stereocenters. The molecule has 0 fully saturated rings. The van der Waals surface area contributed by atoms with E-state index in [2.05, 4.69) is 25.9 Å². The first kappa shape index (κ1) is 10.3. The van der Waals surface area contributed by atoms with Gasteiger partial charge in [-0.25, -0.2) is 0 Å². The summed E-state index contributed by atoms with van der Waals surface area (Å²) in [5.74, 6) is 1.20. The van der Waals surface area contributed by atoms with E-state index in [0.29, 0.717) is 18.7 Å². The lowest BCUT2D eigenvalue weighted by atomic mass is 10.2. The molecule has 7 heteroatoms. The van der Waals surface area contributed by atoms with E-state index in [1.165, 1.54) is 0 Å². The summed E-state index contributed by atoms with van der Waals surface area (Å²) in [7, 11) is 0. The minimum absolute atomic E-state index is 0.0683. The summed E-state index contributed by atoms with van der Waals surface area (Å²) in [6.07, 6.45) is 2.56. The number of carbonyl (C=O) groups excluding carboxylic acids is 1. The third kappa shape index (κ3) is 2.91. The Morgan fingerprint density at radius 1 is 1.56 bits per heavy atom. The van der Waals surface area contributed by atoms with Crippen molar-refractivity contribution in [3.63, 3.8) is 0 Å². The van der Waals surface area contributed by atoms with Crippen molar-refractivity contribution in [3.8, 4) is 0 Å². The molecule has 0 spiro atoms. The first-order chi connectivity index (χ1) is 7.84. The lowest BCUT2D eigenvalue weighted by Crippen LogP contribution is -2.23. The average Bonchev–Trinajstić information content (AvgIpc) is 2.96. The monoisotopic (exact) mass is 221 g/mol. The quantitative estimate of drug-likeness (QED) is 0.743. The number of aromatic amines is 1. The summed E-state index contributed by atoms with van der Waals surface area (Å²) in [6, 6.07) is 3.64. The maximum absolute atomic E-state index is 11.4. The Morgan fingerprint density at radius 3 is 3.19 bits per heavy atom. The van der Waals surface area contributed by atoms with Crippen LogP contribution in [0.5, 0.6) is 0 Å². The molecule has 0 atom stereocenters. The zero-order valence-corrected chi connectivity index (χ0v) is 8.51. The molecule has 0 aromatic carbocycles. The van der Waals surface area contributed by atoms with Crippen molar-refractivity contribution in [2.24, 2.45) is 0 Å². The zero-order chi connectivity index (χ0) is 11.2. The van der Waals surface area contributed by atoms with Gasteiger partial charge < -0.3 is 9.73 Å². The van der Waals surface area contributed by atoms with Crippen LogP contribution in [0.3, 0.4) is 0 Å². The Hall–Kier alpha value is -2.18. The van der Waals surface area contributed by atoms with Crippen molar-refractivity contribution in [1.29, 1.82) is 0 Å². The van der Waals surface area contributed by atoms with Crippen LogP contribution in [0.1, 0.15) is 18.0 Å². The van der Waals surface area contributed by atoms with Crippen molar-refractivity contribution in [2.45, 2.75) is 19.4 Å². The van der Waals surface area contributed by atoms with E-state index in [4.69, 9.17) is 4.42 Å². The largest absolute Gasteiger partial charge is 0.469 e. The molecule has 2 aromatic rings. The highest BCUT2D eigenvalue weighted by molar-refractivity contribution is 5.75. The van der Waals surface area contributed by atoms with E-state index in [9.17, 15) is 4.79 Å². The predicted octanol–water partition coefficient (Wildman–Crippen LogP) is 0.0417. The van der Waals surface area contributed by atoms with Gasteiger partial charge in [0.15, 0.2) is 5.82 Å². The van der Waals surface area contributed by atoms with Crippen molar-refractivity contribution in [1.82, 2.24) is 25.9 Å². The molecule has 1 amide bonds. The number of hydrogen-bond donors (Lipinski definition) is 2. The molecule has 0 aliphatic heterocycles. The van der Waals surface area contributed by atoms with Crippen molar-refractivity contribution < 1.29 is 9.21 Å². The van der Waals surface area contributed by atoms with Crippen LogP contribution in [0.2, 0.25) is 0 Å². The fraction of sp³-hybridized carbons (Fsp3) is 0.333. The van der Waals surface area contributed by atoms with Crippen LogP contribution in [0.25, 0.3) is 0 Å². The van der Waals surface area contributed by atoms with Crippen LogP contribution in [-0.2, 0) is 17.8 Å². The van der Waals surface area contributed by atoms with E-state index in [1.807, 2.05) is 6.07 Å². The molecule has 2 aromatic heterocycles. The first-order valence-corrected chi connectivity index (χ1v) is 4.86. The summed E-state index contributed by atoms with van der Waals surface area (Å²) in [4.78, 5) is 11.4. The van der Waals surface area contributed by atoms with Crippen molar-refractivity contribution >= 4 is 5.91 Å². The normalized spacial score (nSPS) is 10.2. The molecule has 0 aliphatic carbocycles. The molecule has 16 heavy (non-hydrogen) atoms. The first-order valence-electron chi connectivity index (χ1n) is 4.86. The van der Waals surface area contributed by atoms with Gasteiger partial charge in [-0.05, 0) is 12.1 Å². The number of tetrazole rings is 1. The minimum Gasteiger partial charge on any atom is -0.469 e. The smallest absolute Gasteiger partial charge is 0.220 e. The zero-order valence-electron chi connectivity index (χ0n) is 8.51. The van der Waals surface area contributed by atoms with E-state index >= 15 is 0 Å². The number of aromatic nitrogens is 4. The summed E-state index contributed by atoms with van der Waals surface area (Å²) < 4.78 is 5.11. The number of furan rings is 1. The molecule has 0 aliphatic rings. The van der Waals surface area contributed by atoms with Gasteiger partial charge in [0.2, 0.25) is 5.91 Å². The van der Waals surface area contributed by atoms with Gasteiger partial charge in [-0.3, -0.25) is 4.79 Å². The fourth-order valence-electron chi connectivity index (χ4n) is 1.21. The SMILES string of the molecule is O=C(CCc1ccco1)NCc1nn[nH]n1. The number of nitrogens with zero attached hydrogens (tertiary/aromatic N) is 3. The summed E-state index contributed by atoms with van der Waals surface area (Å²) in [5, 5.41) is 15.8. The summed E-state index contributed by atoms with van der Waals surface area (Å²) >= 11 is 0. The molecule has 0 radical (unpaired) electrons. The maximum Gasteiger partial charge on any atom is 0.220 e. The van der Waals surface area contributed by atoms with Gasteiger partial charge in [-0.1, -0.05) is 5.21 Å². The molecule has 2 heterocycles. The summed E-state index contributed by atoms with van der Waals surface area (Å²) in [5.41, 5.74) is 0. The fourth-order valence-corrected chi connectivity index (χ4v) is 1.21. The van der Waals surface area contributed by atoms with Crippen LogP contribution in [0.15, 0.2) is 22.8 Å². The maximum atomic E-state index is 11.4. The number of amides is 1. The van der Waals surface area contributed by atoms with Gasteiger partial charge in [0.1, 0.15) is 5.76 Å². The van der Waals surface area contributed by atoms with Crippen LogP contribution in [0.4, 0.5) is 0 Å². The highest BCUT2D eigenvalue weighted by atomic mass is 16.3. The van der Waals surface area contributed by atoms with Crippen LogP contribution in [0, 0.1) is 0 Å². The molecule has 7 nitrogen and oxygen atoms in total. The molecular weight excluding hydrogens is 210 g/mol. The Morgan fingerprint density at radius 2 is 2.50 bits per heavy atom. The average molecular weight is 221 g/mol. The third-order valence-corrected chi connectivity index (χ3v) is 2.01. The summed E-state index contributed by atoms with van der Waals surface area (Å²) in [6.45, 7) is 0.285. The van der Waals surface area contributed by atoms with Gasteiger partial charge in [0, 0.05) is 12.8 Å². The Bertz CT molecular complexity index is 382. The minimum atomic E-state index is -0.0683. The molecular formula is C9H11N5O2. The molecule has 84 valence electrons. The number of aryl methyl sites for hydroxylation is 1. The van der Waals surface area contributed by atoms with Crippen LogP contribution < -0.4 is 5.32 Å². The molecule has 2 N–H and O–H groups in total. The highest BCUT2D eigenvalue weighted by Gasteiger charge is 2.05. The number of rotatable bonds is 5. The standard InChI is InChI=1S/C9H11N5O2/c15-9(4-3-7-2-1-5-16-7)10-6-8-11-13-14-12-8/h1-2,5H,3-4,6H2,(H,10,15)(H,11,12,13,14). The molecule has 0 saturated heterocycles. The van der Waals surface area contributed by atoms with Gasteiger partial charge >= 0.3 is 0 Å². The predicted molar refractivity (Wildman–Crippen MR) is 53.1 cm³/mol. The second-order valence-electron chi connectivity index (χ2n) is 3.18. The topological polar surface area (TPSA) is 96.7 Å². The lowest BCUT2D eigenvalue weighted by Gasteiger charge is -2.00. The molecule has 0 bridgehead atoms. The Labute approximate surface area is 91.2 Å². The number of H-pyrrole nitrogens is 1. The third-order valence-electron chi connectivity index (χ3n) is 2.01. The van der Waals surface area contributed by atoms with Crippen LogP contribution >= 0.6 is 0 Å².